The number of phenolic OH excluding ortho intramolecular Hbond substituents is 15. The van der Waals surface area contributed by atoms with Gasteiger partial charge in [-0.2, -0.15) is 0 Å². The van der Waals surface area contributed by atoms with Crippen LogP contribution in [0.5, 0.6) is 86.2 Å². The highest BCUT2D eigenvalue weighted by atomic mass is 35.5. The lowest BCUT2D eigenvalue weighted by molar-refractivity contribution is 0.449. The molecule has 0 amide bonds. The van der Waals surface area contributed by atoms with E-state index in [2.05, 4.69) is 17.6 Å². The maximum absolute atomic E-state index is 9.40. The van der Waals surface area contributed by atoms with Crippen LogP contribution < -0.4 is 11.5 Å². The van der Waals surface area contributed by atoms with Gasteiger partial charge in [-0.25, -0.2) is 0 Å². The van der Waals surface area contributed by atoms with E-state index in [1.807, 2.05) is 19.9 Å². The van der Waals surface area contributed by atoms with Crippen LogP contribution in [0, 0.1) is 48.5 Å². The molecule has 21 heteroatoms. The normalized spacial score (nSPS) is 9.87. The minimum atomic E-state index is -0.0548. The van der Waals surface area contributed by atoms with Gasteiger partial charge in [0.25, 0.3) is 0 Å². The first-order valence-electron chi connectivity index (χ1n) is 27.7. The predicted octanol–water partition coefficient (Wildman–Crippen LogP) is 16.6. The van der Waals surface area contributed by atoms with Crippen LogP contribution >= 0.6 is 35.8 Å². The van der Waals surface area contributed by atoms with Gasteiger partial charge in [0.1, 0.15) is 86.2 Å². The number of thiol groups is 1. The molecule has 11 aromatic carbocycles. The van der Waals surface area contributed by atoms with E-state index < -0.39 is 0 Å². The van der Waals surface area contributed by atoms with E-state index in [-0.39, 0.29) is 91.3 Å². The second-order valence-corrected chi connectivity index (χ2v) is 21.5. The molecule has 0 aromatic heterocycles. The van der Waals surface area contributed by atoms with Gasteiger partial charge in [-0.3, -0.25) is 4.99 Å². The fraction of sp³-hybridized carbons (Fsp3) is 0.0972. The highest BCUT2D eigenvalue weighted by Gasteiger charge is 2.08. The lowest BCUT2D eigenvalue weighted by atomic mass is 10.0. The predicted molar refractivity (Wildman–Crippen MR) is 373 cm³/mol. The Morgan fingerprint density at radius 3 is 1.06 bits per heavy atom. The van der Waals surface area contributed by atoms with Gasteiger partial charge in [-0.1, -0.05) is 35.3 Å². The number of anilines is 2. The molecule has 11 rings (SSSR count). The molecule has 0 fully saturated rings. The molecule has 0 saturated carbocycles. The summed E-state index contributed by atoms with van der Waals surface area (Å²) in [7, 11) is 0. The van der Waals surface area contributed by atoms with E-state index in [4.69, 9.17) is 95.9 Å². The van der Waals surface area contributed by atoms with Crippen molar-refractivity contribution in [1.29, 1.82) is 0 Å². The maximum Gasteiger partial charge on any atom is 0.135 e. The van der Waals surface area contributed by atoms with E-state index in [0.29, 0.717) is 33.1 Å². The number of aryl methyl sites for hydroxylation is 5. The molecule has 19 N–H and O–H groups in total. The number of fused-ring (bicyclic) bond motifs is 1. The summed E-state index contributed by atoms with van der Waals surface area (Å²) in [5, 5.41) is 137. The smallest absolute Gasteiger partial charge is 0.135 e. The molecule has 0 bridgehead atoms. The summed E-state index contributed by atoms with van der Waals surface area (Å²) in [4.78, 5) is 5.15. The van der Waals surface area contributed by atoms with Gasteiger partial charge in [0.2, 0.25) is 0 Å². The van der Waals surface area contributed by atoms with Crippen LogP contribution in [0.1, 0.15) is 44.5 Å². The van der Waals surface area contributed by atoms with Crippen LogP contribution in [-0.2, 0) is 0 Å². The van der Waals surface area contributed by atoms with E-state index in [1.54, 1.807) is 162 Å². The summed E-state index contributed by atoms with van der Waals surface area (Å²) in [5.41, 5.74) is 18.9. The van der Waals surface area contributed by atoms with Gasteiger partial charge in [0.15, 0.2) is 0 Å². The topological polar surface area (TPSA) is 368 Å². The van der Waals surface area contributed by atoms with Crippen molar-refractivity contribution in [2.24, 2.45) is 4.99 Å². The summed E-state index contributed by atoms with van der Waals surface area (Å²) in [6.45, 7) is 12.5. The molecule has 0 aliphatic carbocycles. The molecular weight excluding hydrogens is 1250 g/mol. The molecule has 0 atom stereocenters. The number of rotatable bonds is 2. The summed E-state index contributed by atoms with van der Waals surface area (Å²) in [6, 6.07) is 52.4. The quantitative estimate of drug-likeness (QED) is 0.0331. The molecule has 0 saturated heterocycles. The van der Waals surface area contributed by atoms with E-state index in [0.717, 1.165) is 49.2 Å². The van der Waals surface area contributed by atoms with Gasteiger partial charge in [0.05, 0.1) is 21.4 Å². The Kier molecular flexibility index (Phi) is 30.9. The monoisotopic (exact) mass is 1320 g/mol. The van der Waals surface area contributed by atoms with Crippen LogP contribution in [0.3, 0.4) is 0 Å². The molecule has 488 valence electrons. The lowest BCUT2D eigenvalue weighted by Crippen LogP contribution is -1.86. The number of nitrogens with two attached hydrogens (primary N) is 2. The summed E-state index contributed by atoms with van der Waals surface area (Å²) in [5.74, 6) is 3.16. The van der Waals surface area contributed by atoms with E-state index in [1.165, 1.54) is 72.8 Å². The first-order chi connectivity index (χ1) is 43.7. The van der Waals surface area contributed by atoms with Gasteiger partial charge in [-0.05, 0) is 286 Å². The van der Waals surface area contributed by atoms with E-state index >= 15 is 0 Å². The standard InChI is InChI=1S/C14H13NO2.C10H8O2.C9H12O2.C7H9NO.2C7H8O2.C6H5Cl2NO.C6H6O2.C6H6OS/c1-10-8-12(4-7-14(10)17)15-9-11-2-5-13(16)6-3-11;11-9-3-1-7-5-10(12)4-2-8(7)6-9;1-5-4-8(10)6(2)7(3)9(5)11;1-5-4-6(9)2-3-7(5)8;2*1-5-4-6(8)2-3-7(5)9;7-3-2-6(10)4(8)1-5(3)9;7-5-1-2-6(8)4-3-5;7-5-1-3-6(8)4-2-5/h2-9,16-17H,1H3;1-6,11-12H;4,10-11H,1-3H3;2-4,9H,8H2,1H3;2*2-4,8-9H,1H3;1-2,10H,9H2;2*1-4,7-8H. The largest absolute Gasteiger partial charge is 0.508 e. The number of nitrogens with zero attached hydrogens (tertiary/aromatic N) is 1. The Bertz CT molecular complexity index is 3880. The number of benzene rings is 11. The van der Waals surface area contributed by atoms with Crippen LogP contribution in [-0.4, -0.2) is 82.8 Å². The Morgan fingerprint density at radius 1 is 0.312 bits per heavy atom. The highest BCUT2D eigenvalue weighted by molar-refractivity contribution is 7.80. The molecule has 0 unspecified atom stereocenters. The third-order valence-electron chi connectivity index (χ3n) is 12.7. The Balaban J connectivity index is 0.000000276. The SMILES string of the molecule is Cc1cc(N=Cc2ccc(O)cc2)ccc1O.Cc1cc(O)c(C)c(C)c1O.Cc1cc(O)ccc1N.Cc1cc(O)ccc1O.Cc1cc(O)ccc1O.Nc1cc(Cl)c(O)cc1Cl.Oc1ccc(O)cc1.Oc1ccc(S)cc1.Oc1ccc2cc(O)ccc2c1. The zero-order valence-electron chi connectivity index (χ0n) is 51.6. The van der Waals surface area contributed by atoms with E-state index in [9.17, 15) is 15.3 Å². The number of aliphatic imine (C=N–C) groups is 1. The average Bonchev–Trinajstić information content (AvgIpc) is 1.09. The van der Waals surface area contributed by atoms with Gasteiger partial charge < -0.3 is 88.1 Å². The number of aromatic hydroxyl groups is 15. The molecule has 0 heterocycles. The van der Waals surface area contributed by atoms with Crippen molar-refractivity contribution in [1.82, 2.24) is 0 Å². The molecule has 18 nitrogen and oxygen atoms in total. The Labute approximate surface area is 554 Å². The van der Waals surface area contributed by atoms with Crippen molar-refractivity contribution < 1.29 is 76.6 Å². The van der Waals surface area contributed by atoms with Crippen LogP contribution in [0.2, 0.25) is 10.0 Å². The van der Waals surface area contributed by atoms with Crippen molar-refractivity contribution in [3.05, 3.63) is 255 Å². The minimum Gasteiger partial charge on any atom is -0.508 e. The number of nitrogen functional groups attached to an aromatic ring is 2. The molecule has 11 aromatic rings. The van der Waals surface area contributed by atoms with Crippen LogP contribution in [0.4, 0.5) is 17.1 Å². The average molecular weight is 1330 g/mol. The first-order valence-corrected chi connectivity index (χ1v) is 28.9. The number of hydrogen-bond donors (Lipinski definition) is 18. The third kappa shape index (κ3) is 28.1. The number of phenols is 15. The molecule has 0 radical (unpaired) electrons. The lowest BCUT2D eigenvalue weighted by Gasteiger charge is -2.07. The van der Waals surface area contributed by atoms with Gasteiger partial charge in [-0.15, -0.1) is 12.6 Å². The van der Waals surface area contributed by atoms with Crippen molar-refractivity contribution in [2.75, 3.05) is 11.5 Å². The number of hydrogen-bond acceptors (Lipinski definition) is 19. The second kappa shape index (κ2) is 37.8. The summed E-state index contributed by atoms with van der Waals surface area (Å²) >= 11 is 15.1. The first kappa shape index (κ1) is 76.1. The zero-order valence-corrected chi connectivity index (χ0v) is 54.0. The van der Waals surface area contributed by atoms with Crippen molar-refractivity contribution in [3.63, 3.8) is 0 Å². The second-order valence-electron chi connectivity index (χ2n) is 20.2. The molecule has 0 aliphatic heterocycles. The fourth-order valence-corrected chi connectivity index (χ4v) is 7.57. The molecule has 93 heavy (non-hydrogen) atoms. The Hall–Kier alpha value is -11.1. The van der Waals surface area contributed by atoms with Crippen LogP contribution in [0.25, 0.3) is 10.8 Å². The van der Waals surface area contributed by atoms with Gasteiger partial charge in [0, 0.05) is 22.9 Å². The maximum atomic E-state index is 9.40. The summed E-state index contributed by atoms with van der Waals surface area (Å²) < 4.78 is 0. The van der Waals surface area contributed by atoms with Gasteiger partial charge >= 0.3 is 0 Å². The third-order valence-corrected chi connectivity index (χ3v) is 13.6. The van der Waals surface area contributed by atoms with Crippen molar-refractivity contribution in [3.8, 4) is 86.2 Å². The Morgan fingerprint density at radius 2 is 0.677 bits per heavy atom. The molecule has 0 aliphatic rings. The highest BCUT2D eigenvalue weighted by Crippen LogP contribution is 2.33. The van der Waals surface area contributed by atoms with Crippen molar-refractivity contribution >= 4 is 69.9 Å². The van der Waals surface area contributed by atoms with Crippen molar-refractivity contribution in [2.45, 2.75) is 53.4 Å². The number of halogens is 2. The summed E-state index contributed by atoms with van der Waals surface area (Å²) in [6.07, 6.45) is 1.71. The molecule has 0 spiro atoms. The minimum absolute atomic E-state index is 0.0548. The van der Waals surface area contributed by atoms with Crippen LogP contribution in [0.15, 0.2) is 210 Å². The molecular formula is C72H75Cl2N3O15S. The zero-order chi connectivity index (χ0) is 69.6. The fourth-order valence-electron chi connectivity index (χ4n) is 7.09.